The second kappa shape index (κ2) is 3.87. The molecule has 0 radical (unpaired) electrons. The lowest BCUT2D eigenvalue weighted by Gasteiger charge is -2.11. The average Bonchev–Trinajstić information content (AvgIpc) is 2.27. The zero-order valence-electron chi connectivity index (χ0n) is 8.77. The lowest BCUT2D eigenvalue weighted by molar-refractivity contribution is 0.201. The van der Waals surface area contributed by atoms with Gasteiger partial charge in [-0.15, -0.1) is 0 Å². The summed E-state index contributed by atoms with van der Waals surface area (Å²) >= 11 is 0. The number of hydrogen-bond acceptors (Lipinski definition) is 3. The molecule has 0 saturated heterocycles. The van der Waals surface area contributed by atoms with Crippen molar-refractivity contribution in [2.24, 2.45) is 0 Å². The summed E-state index contributed by atoms with van der Waals surface area (Å²) in [4.78, 5) is 4.26. The zero-order chi connectivity index (χ0) is 10.8. The first-order valence-electron chi connectivity index (χ1n) is 4.83. The van der Waals surface area contributed by atoms with E-state index in [4.69, 9.17) is 4.74 Å². The summed E-state index contributed by atoms with van der Waals surface area (Å²) in [5, 5.41) is 10.6. The molecule has 15 heavy (non-hydrogen) atoms. The molecule has 0 aliphatic rings. The first kappa shape index (κ1) is 9.93. The highest BCUT2D eigenvalue weighted by Gasteiger charge is 2.10. The quantitative estimate of drug-likeness (QED) is 0.814. The molecule has 0 amide bonds. The average molecular weight is 203 g/mol. The van der Waals surface area contributed by atoms with Crippen molar-refractivity contribution < 1.29 is 9.84 Å². The van der Waals surface area contributed by atoms with Crippen LogP contribution in [-0.4, -0.2) is 17.2 Å². The van der Waals surface area contributed by atoms with E-state index in [1.54, 1.807) is 20.2 Å². The highest BCUT2D eigenvalue weighted by molar-refractivity contribution is 5.87. The Balaban J connectivity index is 2.77. The SMILES string of the molecule is COc1ccc(C(C)O)c2cccnc12. The molecule has 1 N–H and O–H groups in total. The van der Waals surface area contributed by atoms with Crippen LogP contribution in [0.1, 0.15) is 18.6 Å². The van der Waals surface area contributed by atoms with Crippen LogP contribution in [0.4, 0.5) is 0 Å². The van der Waals surface area contributed by atoms with Crippen molar-refractivity contribution in [3.8, 4) is 5.75 Å². The number of rotatable bonds is 2. The number of benzene rings is 1. The van der Waals surface area contributed by atoms with Crippen molar-refractivity contribution in [1.82, 2.24) is 4.98 Å². The van der Waals surface area contributed by atoms with E-state index >= 15 is 0 Å². The zero-order valence-corrected chi connectivity index (χ0v) is 8.77. The third kappa shape index (κ3) is 1.66. The number of methoxy groups -OCH3 is 1. The van der Waals surface area contributed by atoms with Gasteiger partial charge in [-0.25, -0.2) is 0 Å². The van der Waals surface area contributed by atoms with Crippen molar-refractivity contribution >= 4 is 10.9 Å². The van der Waals surface area contributed by atoms with Gasteiger partial charge in [0.15, 0.2) is 0 Å². The van der Waals surface area contributed by atoms with E-state index in [9.17, 15) is 5.11 Å². The van der Waals surface area contributed by atoms with Gasteiger partial charge in [0, 0.05) is 11.6 Å². The minimum atomic E-state index is -0.498. The maximum Gasteiger partial charge on any atom is 0.145 e. The van der Waals surface area contributed by atoms with Crippen LogP contribution in [0.5, 0.6) is 5.75 Å². The molecule has 2 aromatic rings. The van der Waals surface area contributed by atoms with E-state index in [2.05, 4.69) is 4.98 Å². The van der Waals surface area contributed by atoms with E-state index in [0.717, 1.165) is 22.2 Å². The molecule has 2 rings (SSSR count). The normalized spacial score (nSPS) is 12.7. The molecule has 1 heterocycles. The molecule has 0 aliphatic heterocycles. The van der Waals surface area contributed by atoms with Crippen molar-refractivity contribution in [3.63, 3.8) is 0 Å². The summed E-state index contributed by atoms with van der Waals surface area (Å²) < 4.78 is 5.22. The van der Waals surface area contributed by atoms with Gasteiger partial charge < -0.3 is 9.84 Å². The summed E-state index contributed by atoms with van der Waals surface area (Å²) in [5.41, 5.74) is 1.66. The van der Waals surface area contributed by atoms with Gasteiger partial charge in [-0.05, 0) is 24.6 Å². The Kier molecular flexibility index (Phi) is 2.56. The third-order valence-electron chi connectivity index (χ3n) is 2.44. The molecule has 1 unspecified atom stereocenters. The Labute approximate surface area is 88.3 Å². The van der Waals surface area contributed by atoms with Crippen LogP contribution in [0.15, 0.2) is 30.5 Å². The first-order chi connectivity index (χ1) is 7.24. The van der Waals surface area contributed by atoms with Gasteiger partial charge in [0.05, 0.1) is 13.2 Å². The number of aliphatic hydroxyl groups excluding tert-OH is 1. The molecule has 0 spiro atoms. The number of fused-ring (bicyclic) bond motifs is 1. The van der Waals surface area contributed by atoms with Gasteiger partial charge in [-0.3, -0.25) is 4.98 Å². The topological polar surface area (TPSA) is 42.4 Å². The molecule has 3 heteroatoms. The number of pyridine rings is 1. The standard InChI is InChI=1S/C12H13NO2/c1-8(14)9-5-6-11(15-2)12-10(9)4-3-7-13-12/h3-8,14H,1-2H3. The first-order valence-corrected chi connectivity index (χ1v) is 4.83. The highest BCUT2D eigenvalue weighted by Crippen LogP contribution is 2.29. The van der Waals surface area contributed by atoms with E-state index in [1.807, 2.05) is 24.3 Å². The summed E-state index contributed by atoms with van der Waals surface area (Å²) in [5.74, 6) is 0.731. The Bertz CT molecular complexity index is 480. The minimum absolute atomic E-state index is 0.498. The fraction of sp³-hybridized carbons (Fsp3) is 0.250. The molecule has 3 nitrogen and oxygen atoms in total. The minimum Gasteiger partial charge on any atom is -0.494 e. The van der Waals surface area contributed by atoms with Crippen LogP contribution >= 0.6 is 0 Å². The Hall–Kier alpha value is -1.61. The van der Waals surface area contributed by atoms with E-state index < -0.39 is 6.10 Å². The van der Waals surface area contributed by atoms with Gasteiger partial charge in [-0.1, -0.05) is 12.1 Å². The van der Waals surface area contributed by atoms with Crippen LogP contribution in [0.25, 0.3) is 10.9 Å². The maximum absolute atomic E-state index is 9.62. The predicted molar refractivity (Wildman–Crippen MR) is 58.9 cm³/mol. The van der Waals surface area contributed by atoms with Crippen molar-refractivity contribution in [2.45, 2.75) is 13.0 Å². The molecule has 1 aromatic carbocycles. The second-order valence-corrected chi connectivity index (χ2v) is 3.43. The highest BCUT2D eigenvalue weighted by atomic mass is 16.5. The number of hydrogen-bond donors (Lipinski definition) is 1. The summed E-state index contributed by atoms with van der Waals surface area (Å²) in [6.45, 7) is 1.74. The van der Waals surface area contributed by atoms with E-state index in [0.29, 0.717) is 0 Å². The molecule has 0 saturated carbocycles. The van der Waals surface area contributed by atoms with Gasteiger partial charge in [0.25, 0.3) is 0 Å². The number of aliphatic hydroxyl groups is 1. The fourth-order valence-corrected chi connectivity index (χ4v) is 1.70. The number of ether oxygens (including phenoxy) is 1. The fourth-order valence-electron chi connectivity index (χ4n) is 1.70. The molecule has 0 aliphatic carbocycles. The summed E-state index contributed by atoms with van der Waals surface area (Å²) in [6, 6.07) is 7.49. The maximum atomic E-state index is 9.62. The van der Waals surface area contributed by atoms with Gasteiger partial charge in [0.1, 0.15) is 11.3 Å². The Morgan fingerprint density at radius 2 is 2.13 bits per heavy atom. The largest absolute Gasteiger partial charge is 0.494 e. The molecular weight excluding hydrogens is 190 g/mol. The lowest BCUT2D eigenvalue weighted by Crippen LogP contribution is -1.95. The summed E-state index contributed by atoms with van der Waals surface area (Å²) in [6.07, 6.45) is 1.22. The van der Waals surface area contributed by atoms with Crippen LogP contribution in [0, 0.1) is 0 Å². The van der Waals surface area contributed by atoms with Crippen molar-refractivity contribution in [1.29, 1.82) is 0 Å². The predicted octanol–water partition coefficient (Wildman–Crippen LogP) is 2.30. The Morgan fingerprint density at radius 1 is 1.33 bits per heavy atom. The van der Waals surface area contributed by atoms with Crippen LogP contribution in [-0.2, 0) is 0 Å². The molecule has 78 valence electrons. The molecule has 0 bridgehead atoms. The van der Waals surface area contributed by atoms with Crippen LogP contribution in [0.3, 0.4) is 0 Å². The van der Waals surface area contributed by atoms with Gasteiger partial charge >= 0.3 is 0 Å². The Morgan fingerprint density at radius 3 is 2.80 bits per heavy atom. The lowest BCUT2D eigenvalue weighted by atomic mass is 10.0. The van der Waals surface area contributed by atoms with Crippen LogP contribution < -0.4 is 4.74 Å². The third-order valence-corrected chi connectivity index (χ3v) is 2.44. The van der Waals surface area contributed by atoms with E-state index in [-0.39, 0.29) is 0 Å². The number of nitrogens with zero attached hydrogens (tertiary/aromatic N) is 1. The van der Waals surface area contributed by atoms with Crippen LogP contribution in [0.2, 0.25) is 0 Å². The molecule has 1 aromatic heterocycles. The van der Waals surface area contributed by atoms with Crippen molar-refractivity contribution in [2.75, 3.05) is 7.11 Å². The second-order valence-electron chi connectivity index (χ2n) is 3.43. The number of aromatic nitrogens is 1. The van der Waals surface area contributed by atoms with Gasteiger partial charge in [-0.2, -0.15) is 0 Å². The van der Waals surface area contributed by atoms with Gasteiger partial charge in [0.2, 0.25) is 0 Å². The molecular formula is C12H13NO2. The van der Waals surface area contributed by atoms with E-state index in [1.165, 1.54) is 0 Å². The summed E-state index contributed by atoms with van der Waals surface area (Å²) in [7, 11) is 1.62. The molecule has 1 atom stereocenters. The smallest absolute Gasteiger partial charge is 0.145 e. The van der Waals surface area contributed by atoms with Crippen molar-refractivity contribution in [3.05, 3.63) is 36.0 Å². The molecule has 0 fully saturated rings. The monoisotopic (exact) mass is 203 g/mol.